The molecule has 0 spiro atoms. The molecule has 2 aromatic heterocycles. The molecule has 236 valence electrons. The Labute approximate surface area is 248 Å². The second-order valence-corrected chi connectivity index (χ2v) is 12.5. The van der Waals surface area contributed by atoms with Gasteiger partial charge in [0.1, 0.15) is 17.3 Å². The molecule has 43 heavy (non-hydrogen) atoms. The summed E-state index contributed by atoms with van der Waals surface area (Å²) < 4.78 is 61.4. The molecule has 0 saturated carbocycles. The quantitative estimate of drug-likeness (QED) is 0.276. The van der Waals surface area contributed by atoms with Crippen molar-refractivity contribution in [2.75, 3.05) is 11.5 Å². The number of carbonyl (C=O) groups excluding carboxylic acids is 2. The fourth-order valence-electron chi connectivity index (χ4n) is 3.91. The van der Waals surface area contributed by atoms with Crippen molar-refractivity contribution in [1.29, 1.82) is 0 Å². The molecule has 1 aromatic carbocycles. The predicted octanol–water partition coefficient (Wildman–Crippen LogP) is 7.02. The van der Waals surface area contributed by atoms with Crippen molar-refractivity contribution >= 4 is 23.8 Å². The van der Waals surface area contributed by atoms with Crippen LogP contribution < -0.4 is 9.64 Å². The highest BCUT2D eigenvalue weighted by molar-refractivity contribution is 6.08. The van der Waals surface area contributed by atoms with Crippen LogP contribution in [0, 0.1) is 11.7 Å². The van der Waals surface area contributed by atoms with Gasteiger partial charge in [-0.1, -0.05) is 26.0 Å². The molecule has 1 N–H and O–H groups in total. The van der Waals surface area contributed by atoms with Crippen LogP contribution in [0.15, 0.2) is 36.5 Å². The Morgan fingerprint density at radius 2 is 1.63 bits per heavy atom. The largest absolute Gasteiger partial charge is 0.490 e. The summed E-state index contributed by atoms with van der Waals surface area (Å²) >= 11 is 0. The molecule has 0 saturated heterocycles. The zero-order valence-electron chi connectivity index (χ0n) is 25.7. The first-order valence-corrected chi connectivity index (χ1v) is 13.9. The molecule has 0 aliphatic rings. The lowest BCUT2D eigenvalue weighted by Gasteiger charge is -2.26. The summed E-state index contributed by atoms with van der Waals surface area (Å²) in [4.78, 5) is 30.8. The fraction of sp³-hybridized carbons (Fsp3) is 0.533. The van der Waals surface area contributed by atoms with Gasteiger partial charge in [-0.3, -0.25) is 0 Å². The van der Waals surface area contributed by atoms with E-state index in [4.69, 9.17) is 14.2 Å². The molecule has 2 amide bonds. The van der Waals surface area contributed by atoms with Gasteiger partial charge < -0.3 is 19.3 Å². The van der Waals surface area contributed by atoms with Gasteiger partial charge >= 0.3 is 12.2 Å². The zero-order chi connectivity index (χ0) is 32.3. The summed E-state index contributed by atoms with van der Waals surface area (Å²) in [6.45, 7) is 12.8. The van der Waals surface area contributed by atoms with E-state index in [1.807, 2.05) is 0 Å². The number of carbonyl (C=O) groups is 2. The highest BCUT2D eigenvalue weighted by Gasteiger charge is 2.38. The maximum absolute atomic E-state index is 15.4. The fourth-order valence-corrected chi connectivity index (χ4v) is 3.91. The van der Waals surface area contributed by atoms with Gasteiger partial charge in [0.25, 0.3) is 11.9 Å². The van der Waals surface area contributed by atoms with Crippen molar-refractivity contribution in [3.63, 3.8) is 0 Å². The number of aliphatic hydroxyl groups is 1. The summed E-state index contributed by atoms with van der Waals surface area (Å²) in [6, 6.07) is 7.29. The molecule has 0 aliphatic heterocycles. The van der Waals surface area contributed by atoms with Gasteiger partial charge in [0.2, 0.25) is 0 Å². The van der Waals surface area contributed by atoms with Gasteiger partial charge in [-0.2, -0.15) is 4.98 Å². The van der Waals surface area contributed by atoms with Crippen molar-refractivity contribution in [3.05, 3.63) is 42.3 Å². The van der Waals surface area contributed by atoms with E-state index in [-0.39, 0.29) is 35.2 Å². The maximum Gasteiger partial charge on any atom is 0.427 e. The molecule has 0 fully saturated rings. The van der Waals surface area contributed by atoms with Crippen molar-refractivity contribution in [1.82, 2.24) is 14.6 Å². The van der Waals surface area contributed by atoms with E-state index in [0.717, 1.165) is 0 Å². The van der Waals surface area contributed by atoms with E-state index in [9.17, 15) is 23.5 Å². The molecule has 1 unspecified atom stereocenters. The van der Waals surface area contributed by atoms with Crippen LogP contribution in [0.3, 0.4) is 0 Å². The van der Waals surface area contributed by atoms with Crippen LogP contribution in [0.5, 0.6) is 5.75 Å². The lowest BCUT2D eigenvalue weighted by molar-refractivity contribution is -0.124. The van der Waals surface area contributed by atoms with Crippen molar-refractivity contribution < 1.29 is 42.1 Å². The minimum absolute atomic E-state index is 0.0724. The second kappa shape index (κ2) is 12.8. The summed E-state index contributed by atoms with van der Waals surface area (Å²) in [6.07, 6.45) is -3.32. The number of imide groups is 1. The minimum atomic E-state index is -3.39. The molecule has 10 nitrogen and oxygen atoms in total. The smallest absolute Gasteiger partial charge is 0.427 e. The van der Waals surface area contributed by atoms with Crippen molar-refractivity contribution in [3.8, 4) is 16.9 Å². The number of amides is 2. The first kappa shape index (κ1) is 33.6. The number of aromatic nitrogens is 3. The Morgan fingerprint density at radius 1 is 1.02 bits per heavy atom. The highest BCUT2D eigenvalue weighted by Crippen LogP contribution is 2.32. The van der Waals surface area contributed by atoms with Gasteiger partial charge in [-0.25, -0.2) is 27.3 Å². The third-order valence-corrected chi connectivity index (χ3v) is 5.83. The summed E-state index contributed by atoms with van der Waals surface area (Å²) in [5, 5.41) is 14.0. The zero-order valence-corrected chi connectivity index (χ0v) is 25.7. The predicted molar refractivity (Wildman–Crippen MR) is 154 cm³/mol. The molecular weight excluding hydrogens is 569 g/mol. The Hall–Kier alpha value is -3.87. The van der Waals surface area contributed by atoms with E-state index in [1.165, 1.54) is 41.0 Å². The van der Waals surface area contributed by atoms with Crippen LogP contribution in [0.4, 0.5) is 28.7 Å². The van der Waals surface area contributed by atoms with Gasteiger partial charge in [-0.05, 0) is 77.6 Å². The van der Waals surface area contributed by atoms with E-state index in [2.05, 4.69) is 10.1 Å². The van der Waals surface area contributed by atoms with Gasteiger partial charge in [-0.15, -0.1) is 10.00 Å². The van der Waals surface area contributed by atoms with Crippen LogP contribution in [0.2, 0.25) is 0 Å². The Balaban J connectivity index is 1.88. The molecule has 0 radical (unpaired) electrons. The summed E-state index contributed by atoms with van der Waals surface area (Å²) in [5.41, 5.74) is -1.27. The average molecular weight is 609 g/mol. The van der Waals surface area contributed by atoms with E-state index in [0.29, 0.717) is 10.5 Å². The summed E-state index contributed by atoms with van der Waals surface area (Å²) in [5.74, 6) is -4.86. The minimum Gasteiger partial charge on any atom is -0.490 e. The molecule has 0 bridgehead atoms. The molecule has 13 heteroatoms. The van der Waals surface area contributed by atoms with E-state index in [1.54, 1.807) is 55.4 Å². The monoisotopic (exact) mass is 608 g/mol. The molecule has 2 heterocycles. The topological polar surface area (TPSA) is 115 Å². The van der Waals surface area contributed by atoms with E-state index < -0.39 is 54.3 Å². The van der Waals surface area contributed by atoms with Crippen molar-refractivity contribution in [2.24, 2.45) is 5.92 Å². The molecular formula is C30H39F3N4O6. The Kier molecular flexibility index (Phi) is 10.00. The SMILES string of the molecule is CC(C)CC(O)C(F)(F)CCOc1cccc(-c2ccn3nc(N(C(=O)OC(C)(C)C)C(=O)OC(C)(C)C)nc3c2)c1F. The van der Waals surface area contributed by atoms with Gasteiger partial charge in [0, 0.05) is 18.2 Å². The number of rotatable bonds is 9. The number of aliphatic hydroxyl groups excluding tert-OH is 1. The first-order chi connectivity index (χ1) is 19.8. The number of fused-ring (bicyclic) bond motifs is 1. The number of halogens is 3. The number of benzene rings is 1. The van der Waals surface area contributed by atoms with Crippen LogP contribution in [0.25, 0.3) is 16.8 Å². The second-order valence-electron chi connectivity index (χ2n) is 12.5. The summed E-state index contributed by atoms with van der Waals surface area (Å²) in [7, 11) is 0. The molecule has 3 aromatic rings. The third-order valence-electron chi connectivity index (χ3n) is 5.83. The number of nitrogens with zero attached hydrogens (tertiary/aromatic N) is 4. The maximum atomic E-state index is 15.4. The Bertz CT molecular complexity index is 1420. The van der Waals surface area contributed by atoms with Gasteiger partial charge in [0.05, 0.1) is 6.61 Å². The first-order valence-electron chi connectivity index (χ1n) is 13.9. The number of hydrogen-bond acceptors (Lipinski definition) is 8. The normalized spacial score (nSPS) is 13.2. The molecule has 3 rings (SSSR count). The van der Waals surface area contributed by atoms with Crippen LogP contribution in [-0.2, 0) is 9.47 Å². The van der Waals surface area contributed by atoms with E-state index >= 15 is 4.39 Å². The number of alkyl halides is 2. The number of hydrogen-bond donors (Lipinski definition) is 1. The van der Waals surface area contributed by atoms with Crippen LogP contribution >= 0.6 is 0 Å². The number of anilines is 1. The lowest BCUT2D eigenvalue weighted by Crippen LogP contribution is -2.44. The lowest BCUT2D eigenvalue weighted by atomic mass is 9.99. The van der Waals surface area contributed by atoms with Crippen LogP contribution in [-0.4, -0.2) is 61.7 Å². The Morgan fingerprint density at radius 3 is 2.19 bits per heavy atom. The van der Waals surface area contributed by atoms with Gasteiger partial charge in [0.15, 0.2) is 17.2 Å². The highest BCUT2D eigenvalue weighted by atomic mass is 19.3. The number of ether oxygens (including phenoxy) is 3. The number of pyridine rings is 1. The molecule has 1 atom stereocenters. The van der Waals surface area contributed by atoms with Crippen LogP contribution in [0.1, 0.15) is 68.2 Å². The molecule has 0 aliphatic carbocycles. The standard InChI is InChI=1S/C30H39F3N4O6/c1-18(2)16-22(38)30(32,33)13-15-41-21-11-9-10-20(24(21)31)19-12-14-36-23(17-19)34-25(35-36)37(26(39)42-28(3,4)5)27(40)43-29(6,7)8/h9-12,14,17-18,22,38H,13,15-16H2,1-8H3. The van der Waals surface area contributed by atoms with Crippen molar-refractivity contribution in [2.45, 2.75) is 91.5 Å². The average Bonchev–Trinajstić information content (AvgIpc) is 3.24. The third kappa shape index (κ3) is 9.06.